The number of nitrogens with one attached hydrogen (secondary N) is 1. The molecule has 3 nitrogen and oxygen atoms in total. The fraction of sp³-hybridized carbons (Fsp3) is 0.667. The summed E-state index contributed by atoms with van der Waals surface area (Å²) in [6.07, 6.45) is 2.31. The van der Waals surface area contributed by atoms with E-state index in [4.69, 9.17) is 4.74 Å². The Labute approximate surface area is 129 Å². The summed E-state index contributed by atoms with van der Waals surface area (Å²) in [5.41, 5.74) is 2.93. The second kappa shape index (κ2) is 7.92. The van der Waals surface area contributed by atoms with Gasteiger partial charge in [0.25, 0.3) is 0 Å². The van der Waals surface area contributed by atoms with Crippen LogP contribution in [0.15, 0.2) is 24.3 Å². The number of benzene rings is 1. The van der Waals surface area contributed by atoms with Gasteiger partial charge in [0.1, 0.15) is 0 Å². The van der Waals surface area contributed by atoms with Crippen molar-refractivity contribution in [2.45, 2.75) is 45.8 Å². The van der Waals surface area contributed by atoms with Gasteiger partial charge in [-0.2, -0.15) is 0 Å². The van der Waals surface area contributed by atoms with E-state index in [9.17, 15) is 0 Å². The fourth-order valence-electron chi connectivity index (χ4n) is 2.97. The highest BCUT2D eigenvalue weighted by Crippen LogP contribution is 2.20. The van der Waals surface area contributed by atoms with E-state index in [-0.39, 0.29) is 5.60 Å². The minimum atomic E-state index is -0.0180. The maximum absolute atomic E-state index is 5.80. The quantitative estimate of drug-likeness (QED) is 0.782. The van der Waals surface area contributed by atoms with Gasteiger partial charge in [0.15, 0.2) is 0 Å². The van der Waals surface area contributed by atoms with E-state index in [1.807, 2.05) is 0 Å². The number of ether oxygens (including phenoxy) is 1. The number of morpholine rings is 1. The number of hydrogen-bond acceptors (Lipinski definition) is 3. The first-order valence-electron chi connectivity index (χ1n) is 8.24. The minimum absolute atomic E-state index is 0.0180. The third kappa shape index (κ3) is 5.42. The van der Waals surface area contributed by atoms with Crippen molar-refractivity contribution in [3.8, 4) is 0 Å². The Morgan fingerprint density at radius 1 is 1.19 bits per heavy atom. The fourth-order valence-corrected chi connectivity index (χ4v) is 2.97. The van der Waals surface area contributed by atoms with Crippen molar-refractivity contribution in [2.24, 2.45) is 0 Å². The first-order valence-corrected chi connectivity index (χ1v) is 8.24. The van der Waals surface area contributed by atoms with E-state index in [0.717, 1.165) is 45.8 Å². The topological polar surface area (TPSA) is 24.5 Å². The molecule has 21 heavy (non-hydrogen) atoms. The van der Waals surface area contributed by atoms with Gasteiger partial charge in [-0.05, 0) is 50.9 Å². The Balaban J connectivity index is 1.93. The van der Waals surface area contributed by atoms with Crippen molar-refractivity contribution in [1.29, 1.82) is 0 Å². The van der Waals surface area contributed by atoms with Crippen LogP contribution in [0, 0.1) is 0 Å². The van der Waals surface area contributed by atoms with Crippen LogP contribution in [0.5, 0.6) is 0 Å². The maximum Gasteiger partial charge on any atom is 0.0753 e. The van der Waals surface area contributed by atoms with Gasteiger partial charge in [-0.15, -0.1) is 0 Å². The van der Waals surface area contributed by atoms with E-state index in [0.29, 0.717) is 0 Å². The highest BCUT2D eigenvalue weighted by molar-refractivity contribution is 5.27. The van der Waals surface area contributed by atoms with Crippen LogP contribution >= 0.6 is 0 Å². The minimum Gasteiger partial charge on any atom is -0.373 e. The van der Waals surface area contributed by atoms with Gasteiger partial charge < -0.3 is 10.1 Å². The molecule has 0 saturated carbocycles. The zero-order valence-electron chi connectivity index (χ0n) is 13.8. The van der Waals surface area contributed by atoms with E-state index in [1.54, 1.807) is 0 Å². The summed E-state index contributed by atoms with van der Waals surface area (Å²) in [4.78, 5) is 2.52. The van der Waals surface area contributed by atoms with Crippen molar-refractivity contribution in [2.75, 3.05) is 32.8 Å². The Kier molecular flexibility index (Phi) is 6.22. The molecular weight excluding hydrogens is 260 g/mol. The molecule has 3 heteroatoms. The zero-order chi connectivity index (χ0) is 15.1. The van der Waals surface area contributed by atoms with Crippen molar-refractivity contribution in [3.63, 3.8) is 0 Å². The van der Waals surface area contributed by atoms with Gasteiger partial charge in [-0.25, -0.2) is 0 Å². The molecule has 1 heterocycles. The Bertz CT molecular complexity index is 431. The SMILES string of the molecule is CCCNCCc1ccccc1CN1CCOC(C)(C)C1. The third-order valence-corrected chi connectivity index (χ3v) is 4.01. The van der Waals surface area contributed by atoms with Gasteiger partial charge in [0.2, 0.25) is 0 Å². The molecule has 1 aromatic rings. The molecule has 2 rings (SSSR count). The van der Waals surface area contributed by atoms with Crippen LogP contribution in [0.1, 0.15) is 38.3 Å². The van der Waals surface area contributed by atoms with E-state index >= 15 is 0 Å². The van der Waals surface area contributed by atoms with Crippen LogP contribution in [0.2, 0.25) is 0 Å². The summed E-state index contributed by atoms with van der Waals surface area (Å²) >= 11 is 0. The zero-order valence-corrected chi connectivity index (χ0v) is 13.8. The average molecular weight is 290 g/mol. The molecule has 0 radical (unpaired) electrons. The summed E-state index contributed by atoms with van der Waals surface area (Å²) in [6.45, 7) is 12.7. The predicted molar refractivity (Wildman–Crippen MR) is 88.6 cm³/mol. The second-order valence-corrected chi connectivity index (χ2v) is 6.59. The largest absolute Gasteiger partial charge is 0.373 e. The molecule has 0 atom stereocenters. The van der Waals surface area contributed by atoms with Gasteiger partial charge in [0, 0.05) is 19.6 Å². The second-order valence-electron chi connectivity index (χ2n) is 6.59. The number of nitrogens with zero attached hydrogens (tertiary/aromatic N) is 1. The molecule has 1 aliphatic heterocycles. The summed E-state index contributed by atoms with van der Waals surface area (Å²) in [7, 11) is 0. The highest BCUT2D eigenvalue weighted by Gasteiger charge is 2.27. The summed E-state index contributed by atoms with van der Waals surface area (Å²) in [5.74, 6) is 0. The molecular formula is C18H30N2O. The van der Waals surface area contributed by atoms with Gasteiger partial charge in [-0.3, -0.25) is 4.90 Å². The standard InChI is InChI=1S/C18H30N2O/c1-4-10-19-11-9-16-7-5-6-8-17(16)14-20-12-13-21-18(2,3)15-20/h5-8,19H,4,9-15H2,1-3H3. The molecule has 0 unspecified atom stereocenters. The molecule has 1 aliphatic rings. The lowest BCUT2D eigenvalue weighted by Gasteiger charge is -2.38. The lowest BCUT2D eigenvalue weighted by molar-refractivity contribution is -0.0883. The average Bonchev–Trinajstić information content (AvgIpc) is 2.44. The van der Waals surface area contributed by atoms with Crippen LogP contribution in [0.25, 0.3) is 0 Å². The van der Waals surface area contributed by atoms with E-state index < -0.39 is 0 Å². The summed E-state index contributed by atoms with van der Waals surface area (Å²) < 4.78 is 5.80. The molecule has 1 N–H and O–H groups in total. The molecule has 118 valence electrons. The molecule has 0 amide bonds. The normalized spacial score (nSPS) is 18.8. The predicted octanol–water partition coefficient (Wildman–Crippen LogP) is 2.84. The maximum atomic E-state index is 5.80. The lowest BCUT2D eigenvalue weighted by Crippen LogP contribution is -2.47. The Morgan fingerprint density at radius 2 is 1.95 bits per heavy atom. The van der Waals surface area contributed by atoms with Crippen LogP contribution in [-0.2, 0) is 17.7 Å². The van der Waals surface area contributed by atoms with Gasteiger partial charge >= 0.3 is 0 Å². The monoisotopic (exact) mass is 290 g/mol. The van der Waals surface area contributed by atoms with Crippen molar-refractivity contribution in [3.05, 3.63) is 35.4 Å². The Hall–Kier alpha value is -0.900. The first-order chi connectivity index (χ1) is 10.1. The molecule has 0 bridgehead atoms. The highest BCUT2D eigenvalue weighted by atomic mass is 16.5. The van der Waals surface area contributed by atoms with Crippen LogP contribution in [0.3, 0.4) is 0 Å². The summed E-state index contributed by atoms with van der Waals surface area (Å²) in [6, 6.07) is 8.86. The smallest absolute Gasteiger partial charge is 0.0753 e. The van der Waals surface area contributed by atoms with Gasteiger partial charge in [-0.1, -0.05) is 31.2 Å². The lowest BCUT2D eigenvalue weighted by atomic mass is 10.0. The molecule has 1 aromatic carbocycles. The molecule has 1 fully saturated rings. The van der Waals surface area contributed by atoms with Crippen molar-refractivity contribution < 1.29 is 4.74 Å². The van der Waals surface area contributed by atoms with Crippen LogP contribution < -0.4 is 5.32 Å². The van der Waals surface area contributed by atoms with Crippen LogP contribution in [-0.4, -0.2) is 43.3 Å². The first kappa shape index (κ1) is 16.5. The van der Waals surface area contributed by atoms with Crippen LogP contribution in [0.4, 0.5) is 0 Å². The third-order valence-electron chi connectivity index (χ3n) is 4.01. The van der Waals surface area contributed by atoms with E-state index in [2.05, 4.69) is 55.3 Å². The van der Waals surface area contributed by atoms with Gasteiger partial charge in [0.05, 0.1) is 12.2 Å². The molecule has 0 aromatic heterocycles. The molecule has 0 spiro atoms. The number of hydrogen-bond donors (Lipinski definition) is 1. The molecule has 1 saturated heterocycles. The number of rotatable bonds is 7. The van der Waals surface area contributed by atoms with Crippen molar-refractivity contribution >= 4 is 0 Å². The molecule has 0 aliphatic carbocycles. The summed E-state index contributed by atoms with van der Waals surface area (Å²) in [5, 5.41) is 3.49. The van der Waals surface area contributed by atoms with E-state index in [1.165, 1.54) is 17.5 Å². The Morgan fingerprint density at radius 3 is 2.67 bits per heavy atom. The van der Waals surface area contributed by atoms with Crippen molar-refractivity contribution in [1.82, 2.24) is 10.2 Å².